The third kappa shape index (κ3) is 2.06. The number of hydrogen-bond donors (Lipinski definition) is 1. The van der Waals surface area contributed by atoms with E-state index in [4.69, 9.17) is 0 Å². The minimum absolute atomic E-state index is 0.544. The van der Waals surface area contributed by atoms with Crippen molar-refractivity contribution >= 4 is 44.7 Å². The fraction of sp³-hybridized carbons (Fsp3) is 0.214. The number of pyridine rings is 1. The summed E-state index contributed by atoms with van der Waals surface area (Å²) in [5.41, 5.74) is 1.67. The van der Waals surface area contributed by atoms with Crippen LogP contribution in [0.1, 0.15) is 18.4 Å². The van der Waals surface area contributed by atoms with Crippen molar-refractivity contribution in [3.8, 4) is 0 Å². The average molecular weight is 271 g/mol. The molecule has 96 valence electrons. The molecule has 1 amide bonds. The maximum atomic E-state index is 10.7. The van der Waals surface area contributed by atoms with Gasteiger partial charge in [0.15, 0.2) is 5.82 Å². The summed E-state index contributed by atoms with van der Waals surface area (Å²) >= 11 is 1.68. The summed E-state index contributed by atoms with van der Waals surface area (Å²) in [6, 6.07) is 7.93. The number of aromatic nitrogens is 2. The maximum Gasteiger partial charge on any atom is 0.212 e. The maximum absolute atomic E-state index is 10.7. The van der Waals surface area contributed by atoms with Crippen molar-refractivity contribution in [3.05, 3.63) is 29.3 Å². The van der Waals surface area contributed by atoms with Gasteiger partial charge in [-0.25, -0.2) is 9.97 Å². The van der Waals surface area contributed by atoms with Crippen LogP contribution >= 0.6 is 11.3 Å². The Balaban J connectivity index is 2.34. The fourth-order valence-corrected chi connectivity index (χ4v) is 3.32. The number of fused-ring (bicyclic) bond motifs is 3. The molecule has 1 N–H and O–H groups in total. The Labute approximate surface area is 114 Å². The van der Waals surface area contributed by atoms with Crippen LogP contribution in [-0.4, -0.2) is 16.4 Å². The third-order valence-corrected chi connectivity index (χ3v) is 4.08. The monoisotopic (exact) mass is 271 g/mol. The highest BCUT2D eigenvalue weighted by Gasteiger charge is 2.13. The summed E-state index contributed by atoms with van der Waals surface area (Å²) in [6.07, 6.45) is 2.66. The lowest BCUT2D eigenvalue weighted by atomic mass is 10.2. The van der Waals surface area contributed by atoms with Crippen molar-refractivity contribution in [1.29, 1.82) is 0 Å². The van der Waals surface area contributed by atoms with E-state index in [1.54, 1.807) is 11.3 Å². The van der Waals surface area contributed by atoms with Gasteiger partial charge in [-0.05, 0) is 18.9 Å². The number of amides is 1. The molecule has 0 saturated heterocycles. The molecule has 0 bridgehead atoms. The van der Waals surface area contributed by atoms with E-state index in [0.29, 0.717) is 12.2 Å². The van der Waals surface area contributed by atoms with Crippen LogP contribution in [0, 0.1) is 0 Å². The van der Waals surface area contributed by atoms with Gasteiger partial charge in [-0.2, -0.15) is 0 Å². The average Bonchev–Trinajstić information content (AvgIpc) is 2.84. The fourth-order valence-electron chi connectivity index (χ4n) is 2.12. The predicted octanol–water partition coefficient (Wildman–Crippen LogP) is 3.37. The van der Waals surface area contributed by atoms with Crippen LogP contribution in [0.25, 0.3) is 21.1 Å². The molecule has 3 aromatic rings. The standard InChI is InChI=1S/C14H13N3OS/c1-2-5-11-17-12-13(19-11)9-6-3-4-7-10(9)16-14(12)15-8-18/h3-4,6-8H,2,5H2,1H3,(H,15,16,18). The molecule has 0 unspecified atom stereocenters. The molecule has 0 atom stereocenters. The number of thiazole rings is 1. The third-order valence-electron chi connectivity index (χ3n) is 2.94. The van der Waals surface area contributed by atoms with E-state index in [9.17, 15) is 4.79 Å². The zero-order chi connectivity index (χ0) is 13.2. The van der Waals surface area contributed by atoms with E-state index in [1.165, 1.54) is 0 Å². The Morgan fingerprint density at radius 1 is 1.32 bits per heavy atom. The molecule has 2 aromatic heterocycles. The molecule has 4 nitrogen and oxygen atoms in total. The van der Waals surface area contributed by atoms with Gasteiger partial charge in [-0.3, -0.25) is 4.79 Å². The van der Waals surface area contributed by atoms with Crippen molar-refractivity contribution in [2.45, 2.75) is 19.8 Å². The summed E-state index contributed by atoms with van der Waals surface area (Å²) in [5, 5.41) is 4.83. The lowest BCUT2D eigenvalue weighted by Gasteiger charge is -2.02. The Morgan fingerprint density at radius 3 is 2.95 bits per heavy atom. The zero-order valence-electron chi connectivity index (χ0n) is 10.5. The molecular weight excluding hydrogens is 258 g/mol. The number of nitrogens with one attached hydrogen (secondary N) is 1. The van der Waals surface area contributed by atoms with Gasteiger partial charge in [-0.1, -0.05) is 25.1 Å². The number of hydrogen-bond acceptors (Lipinski definition) is 4. The lowest BCUT2D eigenvalue weighted by Crippen LogP contribution is -1.98. The molecule has 1 aromatic carbocycles. The van der Waals surface area contributed by atoms with Crippen molar-refractivity contribution in [2.75, 3.05) is 5.32 Å². The molecule has 0 aliphatic carbocycles. The van der Waals surface area contributed by atoms with E-state index in [-0.39, 0.29) is 0 Å². The van der Waals surface area contributed by atoms with E-state index >= 15 is 0 Å². The highest BCUT2D eigenvalue weighted by Crippen LogP contribution is 2.33. The Hall–Kier alpha value is -2.01. The first-order valence-corrected chi connectivity index (χ1v) is 7.03. The number of anilines is 1. The molecule has 0 saturated carbocycles. The second-order valence-electron chi connectivity index (χ2n) is 4.28. The van der Waals surface area contributed by atoms with Gasteiger partial charge in [0.1, 0.15) is 5.52 Å². The number of para-hydroxylation sites is 1. The second kappa shape index (κ2) is 4.93. The molecule has 2 heterocycles. The second-order valence-corrected chi connectivity index (χ2v) is 5.36. The van der Waals surface area contributed by atoms with Crippen molar-refractivity contribution in [3.63, 3.8) is 0 Å². The molecule has 19 heavy (non-hydrogen) atoms. The van der Waals surface area contributed by atoms with Gasteiger partial charge < -0.3 is 5.32 Å². The molecule has 3 rings (SSSR count). The summed E-state index contributed by atoms with van der Waals surface area (Å²) in [7, 11) is 0. The van der Waals surface area contributed by atoms with Crippen molar-refractivity contribution in [1.82, 2.24) is 9.97 Å². The first-order valence-electron chi connectivity index (χ1n) is 6.22. The van der Waals surface area contributed by atoms with Gasteiger partial charge in [-0.15, -0.1) is 11.3 Å². The lowest BCUT2D eigenvalue weighted by molar-refractivity contribution is -0.105. The number of aryl methyl sites for hydroxylation is 1. The van der Waals surface area contributed by atoms with E-state index in [2.05, 4.69) is 22.2 Å². The van der Waals surface area contributed by atoms with Crippen LogP contribution in [0.5, 0.6) is 0 Å². The first-order chi connectivity index (χ1) is 9.33. The molecule has 5 heteroatoms. The molecule has 0 aliphatic heterocycles. The largest absolute Gasteiger partial charge is 0.311 e. The van der Waals surface area contributed by atoms with E-state index in [1.807, 2.05) is 24.3 Å². The van der Waals surface area contributed by atoms with Gasteiger partial charge >= 0.3 is 0 Å². The quantitative estimate of drug-likeness (QED) is 0.740. The molecule has 0 fully saturated rings. The normalized spacial score (nSPS) is 11.0. The van der Waals surface area contributed by atoms with Gasteiger partial charge in [0.2, 0.25) is 6.41 Å². The summed E-state index contributed by atoms with van der Waals surface area (Å²) in [5.74, 6) is 0.544. The molecule has 0 radical (unpaired) electrons. The van der Waals surface area contributed by atoms with Crippen LogP contribution in [-0.2, 0) is 11.2 Å². The van der Waals surface area contributed by atoms with Crippen LogP contribution < -0.4 is 5.32 Å². The predicted molar refractivity (Wildman–Crippen MR) is 78.6 cm³/mol. The summed E-state index contributed by atoms with van der Waals surface area (Å²) in [6.45, 7) is 2.13. The number of carbonyl (C=O) groups excluding carboxylic acids is 1. The van der Waals surface area contributed by atoms with Crippen molar-refractivity contribution < 1.29 is 4.79 Å². The van der Waals surface area contributed by atoms with Gasteiger partial charge in [0, 0.05) is 5.39 Å². The Bertz CT molecular complexity index is 751. The Kier molecular flexibility index (Phi) is 3.13. The van der Waals surface area contributed by atoms with Crippen LogP contribution in [0.2, 0.25) is 0 Å². The number of carbonyl (C=O) groups is 1. The highest BCUT2D eigenvalue weighted by molar-refractivity contribution is 7.19. The molecule has 0 spiro atoms. The molecule has 0 aliphatic rings. The van der Waals surface area contributed by atoms with E-state index < -0.39 is 0 Å². The number of nitrogens with zero attached hydrogens (tertiary/aromatic N) is 2. The number of benzene rings is 1. The minimum atomic E-state index is 0.544. The van der Waals surface area contributed by atoms with Crippen molar-refractivity contribution in [2.24, 2.45) is 0 Å². The van der Waals surface area contributed by atoms with Gasteiger partial charge in [0.05, 0.1) is 15.2 Å². The smallest absolute Gasteiger partial charge is 0.212 e. The summed E-state index contributed by atoms with van der Waals surface area (Å²) in [4.78, 5) is 19.8. The highest BCUT2D eigenvalue weighted by atomic mass is 32.1. The zero-order valence-corrected chi connectivity index (χ0v) is 11.3. The van der Waals surface area contributed by atoms with Crippen LogP contribution in [0.15, 0.2) is 24.3 Å². The topological polar surface area (TPSA) is 54.9 Å². The molecular formula is C14H13N3OS. The van der Waals surface area contributed by atoms with Crippen LogP contribution in [0.3, 0.4) is 0 Å². The number of rotatable bonds is 4. The minimum Gasteiger partial charge on any atom is -0.311 e. The first kappa shape index (κ1) is 12.0. The van der Waals surface area contributed by atoms with E-state index in [0.717, 1.165) is 39.0 Å². The summed E-state index contributed by atoms with van der Waals surface area (Å²) < 4.78 is 1.10. The van der Waals surface area contributed by atoms with Crippen LogP contribution in [0.4, 0.5) is 5.82 Å². The SMILES string of the molecule is CCCc1nc2c(NC=O)nc3ccccc3c2s1. The van der Waals surface area contributed by atoms with Gasteiger partial charge in [0.25, 0.3) is 0 Å². The Morgan fingerprint density at radius 2 is 2.16 bits per heavy atom.